The standard InChI is InChI=1S/C15H20F2N2O2/c16-12-7-11(9-18)8-13(17)15(12)21-10-14(20)19-5-3-1-2-4-6-19/h7-8H,1-6,9-10,18H2. The number of ether oxygens (including phenoxy) is 1. The van der Waals surface area contributed by atoms with Crippen LogP contribution in [-0.2, 0) is 11.3 Å². The molecule has 1 aliphatic rings. The molecule has 0 spiro atoms. The molecule has 116 valence electrons. The number of hydrogen-bond donors (Lipinski definition) is 1. The molecule has 1 aliphatic heterocycles. The number of likely N-dealkylation sites (tertiary alicyclic amines) is 1. The summed E-state index contributed by atoms with van der Waals surface area (Å²) in [4.78, 5) is 13.7. The van der Waals surface area contributed by atoms with Gasteiger partial charge in [-0.05, 0) is 30.5 Å². The van der Waals surface area contributed by atoms with E-state index in [1.165, 1.54) is 0 Å². The van der Waals surface area contributed by atoms with Crippen molar-refractivity contribution in [2.45, 2.75) is 32.2 Å². The highest BCUT2D eigenvalue weighted by Crippen LogP contribution is 2.23. The van der Waals surface area contributed by atoms with E-state index in [9.17, 15) is 13.6 Å². The summed E-state index contributed by atoms with van der Waals surface area (Å²) in [5, 5.41) is 0. The summed E-state index contributed by atoms with van der Waals surface area (Å²) in [6.45, 7) is 1.05. The van der Waals surface area contributed by atoms with E-state index in [0.29, 0.717) is 18.7 Å². The van der Waals surface area contributed by atoms with Gasteiger partial charge in [-0.25, -0.2) is 8.78 Å². The largest absolute Gasteiger partial charge is 0.478 e. The van der Waals surface area contributed by atoms with Gasteiger partial charge in [0, 0.05) is 19.6 Å². The highest BCUT2D eigenvalue weighted by atomic mass is 19.1. The predicted octanol–water partition coefficient (Wildman–Crippen LogP) is 2.20. The Hall–Kier alpha value is -1.69. The average molecular weight is 298 g/mol. The van der Waals surface area contributed by atoms with Gasteiger partial charge in [-0.3, -0.25) is 4.79 Å². The topological polar surface area (TPSA) is 55.6 Å². The lowest BCUT2D eigenvalue weighted by Crippen LogP contribution is -2.35. The maximum Gasteiger partial charge on any atom is 0.260 e. The summed E-state index contributed by atoms with van der Waals surface area (Å²) >= 11 is 0. The van der Waals surface area contributed by atoms with Gasteiger partial charge in [-0.2, -0.15) is 0 Å². The second-order valence-electron chi connectivity index (χ2n) is 5.18. The molecular formula is C15H20F2N2O2. The van der Waals surface area contributed by atoms with Crippen molar-refractivity contribution in [3.8, 4) is 5.75 Å². The van der Waals surface area contributed by atoms with Crippen LogP contribution in [0.3, 0.4) is 0 Å². The van der Waals surface area contributed by atoms with E-state index in [1.54, 1.807) is 4.90 Å². The first-order chi connectivity index (χ1) is 10.1. The molecule has 21 heavy (non-hydrogen) atoms. The van der Waals surface area contributed by atoms with Gasteiger partial charge < -0.3 is 15.4 Å². The molecule has 2 rings (SSSR count). The summed E-state index contributed by atoms with van der Waals surface area (Å²) in [6.07, 6.45) is 4.13. The Bertz CT molecular complexity index is 477. The molecule has 4 nitrogen and oxygen atoms in total. The van der Waals surface area contributed by atoms with Crippen LogP contribution in [0, 0.1) is 11.6 Å². The molecule has 0 unspecified atom stereocenters. The van der Waals surface area contributed by atoms with Crippen LogP contribution >= 0.6 is 0 Å². The number of benzene rings is 1. The normalized spacial score (nSPS) is 15.7. The SMILES string of the molecule is NCc1cc(F)c(OCC(=O)N2CCCCCC2)c(F)c1. The van der Waals surface area contributed by atoms with Gasteiger partial charge in [0.15, 0.2) is 24.0 Å². The van der Waals surface area contributed by atoms with Gasteiger partial charge >= 0.3 is 0 Å². The molecule has 0 saturated carbocycles. The van der Waals surface area contributed by atoms with Crippen LogP contribution in [0.1, 0.15) is 31.2 Å². The Morgan fingerprint density at radius 3 is 2.24 bits per heavy atom. The number of nitrogens with zero attached hydrogens (tertiary/aromatic N) is 1. The number of nitrogens with two attached hydrogens (primary N) is 1. The molecule has 0 radical (unpaired) electrons. The molecule has 1 heterocycles. The zero-order valence-corrected chi connectivity index (χ0v) is 11.9. The summed E-state index contributed by atoms with van der Waals surface area (Å²) in [6, 6.07) is 2.24. The van der Waals surface area contributed by atoms with Crippen molar-refractivity contribution in [1.29, 1.82) is 0 Å². The lowest BCUT2D eigenvalue weighted by atomic mass is 10.2. The van der Waals surface area contributed by atoms with Gasteiger partial charge in [0.1, 0.15) is 0 Å². The zero-order chi connectivity index (χ0) is 15.2. The van der Waals surface area contributed by atoms with Crippen molar-refractivity contribution in [2.75, 3.05) is 19.7 Å². The van der Waals surface area contributed by atoms with Crippen molar-refractivity contribution < 1.29 is 18.3 Å². The number of carbonyl (C=O) groups is 1. The number of halogens is 2. The van der Waals surface area contributed by atoms with E-state index in [2.05, 4.69) is 0 Å². The Kier molecular flexibility index (Phi) is 5.50. The van der Waals surface area contributed by atoms with Gasteiger partial charge in [0.2, 0.25) is 0 Å². The smallest absolute Gasteiger partial charge is 0.260 e. The molecule has 0 atom stereocenters. The van der Waals surface area contributed by atoms with Crippen molar-refractivity contribution in [3.63, 3.8) is 0 Å². The molecule has 1 aromatic carbocycles. The van der Waals surface area contributed by atoms with Crippen molar-refractivity contribution in [1.82, 2.24) is 4.90 Å². The molecule has 6 heteroatoms. The molecule has 1 aromatic rings. The molecule has 0 bridgehead atoms. The summed E-state index contributed by atoms with van der Waals surface area (Å²) < 4.78 is 32.5. The van der Waals surface area contributed by atoms with E-state index in [-0.39, 0.29) is 19.1 Å². The second kappa shape index (κ2) is 7.36. The highest BCUT2D eigenvalue weighted by Gasteiger charge is 2.18. The maximum absolute atomic E-state index is 13.7. The van der Waals surface area contributed by atoms with Gasteiger partial charge in [-0.15, -0.1) is 0 Å². The molecule has 0 aliphatic carbocycles. The molecule has 0 aromatic heterocycles. The third kappa shape index (κ3) is 4.14. The van der Waals surface area contributed by atoms with Crippen LogP contribution in [0.4, 0.5) is 8.78 Å². The molecule has 1 amide bonds. The predicted molar refractivity (Wildman–Crippen MR) is 74.8 cm³/mol. The van der Waals surface area contributed by atoms with Crippen molar-refractivity contribution >= 4 is 5.91 Å². The van der Waals surface area contributed by atoms with Gasteiger partial charge in [0.05, 0.1) is 0 Å². The molecule has 1 fully saturated rings. The lowest BCUT2D eigenvalue weighted by molar-refractivity contribution is -0.133. The lowest BCUT2D eigenvalue weighted by Gasteiger charge is -2.20. The highest BCUT2D eigenvalue weighted by molar-refractivity contribution is 5.77. The fraction of sp³-hybridized carbons (Fsp3) is 0.533. The van der Waals surface area contributed by atoms with E-state index in [0.717, 1.165) is 37.8 Å². The Morgan fingerprint density at radius 1 is 1.14 bits per heavy atom. The van der Waals surface area contributed by atoms with Crippen LogP contribution in [0.25, 0.3) is 0 Å². The summed E-state index contributed by atoms with van der Waals surface area (Å²) in [5.41, 5.74) is 5.68. The van der Waals surface area contributed by atoms with Crippen LogP contribution in [0.2, 0.25) is 0 Å². The third-order valence-electron chi connectivity index (χ3n) is 3.59. The second-order valence-corrected chi connectivity index (χ2v) is 5.18. The van der Waals surface area contributed by atoms with Gasteiger partial charge in [0.25, 0.3) is 5.91 Å². The van der Waals surface area contributed by atoms with Crippen LogP contribution in [0.5, 0.6) is 5.75 Å². The quantitative estimate of drug-likeness (QED) is 0.927. The first-order valence-corrected chi connectivity index (χ1v) is 7.20. The Labute approximate surface area is 122 Å². The van der Waals surface area contributed by atoms with Gasteiger partial charge in [-0.1, -0.05) is 12.8 Å². The Morgan fingerprint density at radius 2 is 1.71 bits per heavy atom. The van der Waals surface area contributed by atoms with E-state index < -0.39 is 17.4 Å². The number of amides is 1. The third-order valence-corrected chi connectivity index (χ3v) is 3.59. The number of rotatable bonds is 4. The first kappa shape index (κ1) is 15.7. The van der Waals surface area contributed by atoms with Crippen LogP contribution < -0.4 is 10.5 Å². The minimum absolute atomic E-state index is 0.0425. The zero-order valence-electron chi connectivity index (χ0n) is 11.9. The molecule has 1 saturated heterocycles. The summed E-state index contributed by atoms with van der Waals surface area (Å²) in [5.74, 6) is -2.42. The van der Waals surface area contributed by atoms with E-state index in [1.807, 2.05) is 0 Å². The molecular weight excluding hydrogens is 278 g/mol. The maximum atomic E-state index is 13.7. The van der Waals surface area contributed by atoms with Crippen LogP contribution in [0.15, 0.2) is 12.1 Å². The fourth-order valence-corrected chi connectivity index (χ4v) is 2.41. The Balaban J connectivity index is 1.97. The van der Waals surface area contributed by atoms with E-state index >= 15 is 0 Å². The minimum atomic E-state index is -0.834. The number of carbonyl (C=O) groups excluding carboxylic acids is 1. The first-order valence-electron chi connectivity index (χ1n) is 7.20. The van der Waals surface area contributed by atoms with Crippen LogP contribution in [-0.4, -0.2) is 30.5 Å². The minimum Gasteiger partial charge on any atom is -0.478 e. The monoisotopic (exact) mass is 298 g/mol. The van der Waals surface area contributed by atoms with Crippen molar-refractivity contribution in [3.05, 3.63) is 29.3 Å². The summed E-state index contributed by atoms with van der Waals surface area (Å²) in [7, 11) is 0. The van der Waals surface area contributed by atoms with Crippen molar-refractivity contribution in [2.24, 2.45) is 5.73 Å². The molecule has 2 N–H and O–H groups in total. The number of hydrogen-bond acceptors (Lipinski definition) is 3. The fourth-order valence-electron chi connectivity index (χ4n) is 2.41. The average Bonchev–Trinajstić information content (AvgIpc) is 2.75. The van der Waals surface area contributed by atoms with E-state index in [4.69, 9.17) is 10.5 Å².